The van der Waals surface area contributed by atoms with E-state index in [4.69, 9.17) is 9.84 Å². The zero-order chi connectivity index (χ0) is 20.2. The van der Waals surface area contributed by atoms with Crippen molar-refractivity contribution >= 4 is 29.2 Å². The lowest BCUT2D eigenvalue weighted by molar-refractivity contribution is 0.0134. The molecule has 0 bridgehead atoms. The molecule has 0 amide bonds. The van der Waals surface area contributed by atoms with Gasteiger partial charge in [0.05, 0.1) is 0 Å². The van der Waals surface area contributed by atoms with Crippen molar-refractivity contribution in [2.45, 2.75) is 31.8 Å². The van der Waals surface area contributed by atoms with Crippen molar-refractivity contribution < 1.29 is 14.6 Å². The molecule has 2 aliphatic rings. The molecule has 0 saturated carbocycles. The number of likely N-dealkylation sites (tertiary alicyclic amines) is 1. The minimum atomic E-state index is -1.17. The van der Waals surface area contributed by atoms with Crippen LogP contribution in [0, 0.1) is 0 Å². The van der Waals surface area contributed by atoms with E-state index >= 15 is 0 Å². The van der Waals surface area contributed by atoms with Gasteiger partial charge in [0.15, 0.2) is 0 Å². The number of ether oxygens (including phenoxy) is 1. The summed E-state index contributed by atoms with van der Waals surface area (Å²) < 4.78 is 4.99. The summed E-state index contributed by atoms with van der Waals surface area (Å²) in [4.78, 5) is 15.4. The van der Waals surface area contributed by atoms with Gasteiger partial charge < -0.3 is 14.7 Å². The van der Waals surface area contributed by atoms with Crippen LogP contribution >= 0.6 is 0 Å². The molecule has 0 radical (unpaired) electrons. The van der Waals surface area contributed by atoms with Crippen molar-refractivity contribution in [3.05, 3.63) is 59.7 Å². The maximum absolute atomic E-state index is 10.8. The van der Waals surface area contributed by atoms with E-state index in [9.17, 15) is 4.79 Å². The van der Waals surface area contributed by atoms with Crippen LogP contribution in [0.1, 0.15) is 36.8 Å². The highest BCUT2D eigenvalue weighted by atomic mass is 16.7. The molecule has 1 saturated heterocycles. The molecular formula is C24H28N2O3. The molecule has 0 aromatic heterocycles. The molecule has 1 N–H and O–H groups in total. The molecule has 1 fully saturated rings. The van der Waals surface area contributed by atoms with Crippen LogP contribution in [0.25, 0.3) is 11.6 Å². The van der Waals surface area contributed by atoms with Crippen LogP contribution in [0.2, 0.25) is 0 Å². The van der Waals surface area contributed by atoms with Gasteiger partial charge in [0.25, 0.3) is 0 Å². The van der Waals surface area contributed by atoms with Crippen molar-refractivity contribution in [2.24, 2.45) is 0 Å². The quantitative estimate of drug-likeness (QED) is 0.705. The Morgan fingerprint density at radius 3 is 2.72 bits per heavy atom. The first-order valence-corrected chi connectivity index (χ1v) is 10.4. The number of rotatable bonds is 5. The van der Waals surface area contributed by atoms with Gasteiger partial charge in [-0.1, -0.05) is 36.4 Å². The second kappa shape index (κ2) is 8.70. The Hall–Kier alpha value is -2.79. The first-order valence-electron chi connectivity index (χ1n) is 10.4. The van der Waals surface area contributed by atoms with Crippen molar-refractivity contribution in [3.8, 4) is 0 Å². The summed E-state index contributed by atoms with van der Waals surface area (Å²) >= 11 is 0. The van der Waals surface area contributed by atoms with Crippen LogP contribution in [0.4, 0.5) is 16.2 Å². The summed E-state index contributed by atoms with van der Waals surface area (Å²) in [6.45, 7) is 2.67. The normalized spacial score (nSPS) is 19.0. The highest BCUT2D eigenvalue weighted by Gasteiger charge is 2.23. The number of allylic oxidation sites excluding steroid dienone is 1. The Balaban J connectivity index is 1.47. The highest BCUT2D eigenvalue weighted by molar-refractivity contribution is 5.94. The predicted octanol–water partition coefficient (Wildman–Crippen LogP) is 5.25. The third kappa shape index (κ3) is 4.46. The lowest BCUT2D eigenvalue weighted by Gasteiger charge is -2.31. The van der Waals surface area contributed by atoms with Gasteiger partial charge in [0, 0.05) is 30.5 Å². The number of carbonyl (C=O) groups is 1. The number of hydrogen-bond donors (Lipinski definition) is 1. The van der Waals surface area contributed by atoms with Gasteiger partial charge in [-0.15, -0.1) is 0 Å². The van der Waals surface area contributed by atoms with Crippen LogP contribution in [-0.2, 0) is 4.74 Å². The fraction of sp³-hybridized carbons (Fsp3) is 0.375. The van der Waals surface area contributed by atoms with E-state index in [1.54, 1.807) is 0 Å². The fourth-order valence-electron chi connectivity index (χ4n) is 4.50. The topological polar surface area (TPSA) is 53.0 Å². The summed E-state index contributed by atoms with van der Waals surface area (Å²) in [5, 5.41) is 8.87. The Bertz CT molecular complexity index is 909. The van der Waals surface area contributed by atoms with Gasteiger partial charge in [-0.3, -0.25) is 4.90 Å². The van der Waals surface area contributed by atoms with Gasteiger partial charge in [-0.05, 0) is 68.1 Å². The number of fused-ring (bicyclic) bond motifs is 2. The van der Waals surface area contributed by atoms with Gasteiger partial charge in [-0.25, -0.2) is 4.79 Å². The second-order valence-corrected chi connectivity index (χ2v) is 7.86. The van der Waals surface area contributed by atoms with Crippen LogP contribution in [0.5, 0.6) is 0 Å². The smallest absolute Gasteiger partial charge is 0.450 e. The number of para-hydroxylation sites is 2. The average molecular weight is 392 g/mol. The van der Waals surface area contributed by atoms with Crippen molar-refractivity contribution in [3.63, 3.8) is 0 Å². The molecule has 2 heterocycles. The molecular weight excluding hydrogens is 364 g/mol. The molecule has 152 valence electrons. The summed E-state index contributed by atoms with van der Waals surface area (Å²) in [5.41, 5.74) is 6.34. The molecule has 0 aliphatic carbocycles. The van der Waals surface area contributed by atoms with E-state index in [1.807, 2.05) is 0 Å². The molecule has 2 aromatic rings. The summed E-state index contributed by atoms with van der Waals surface area (Å²) in [7, 11) is 2.13. The van der Waals surface area contributed by atoms with E-state index in [2.05, 4.69) is 71.5 Å². The molecule has 5 nitrogen and oxygen atoms in total. The number of carboxylic acid groups (broad SMARTS) is 1. The van der Waals surface area contributed by atoms with E-state index in [0.29, 0.717) is 6.54 Å². The first kappa shape index (κ1) is 19.5. The van der Waals surface area contributed by atoms with Crippen LogP contribution in [-0.4, -0.2) is 48.9 Å². The van der Waals surface area contributed by atoms with Crippen molar-refractivity contribution in [1.29, 1.82) is 0 Å². The average Bonchev–Trinajstić information content (AvgIpc) is 2.84. The number of nitrogens with zero attached hydrogens (tertiary/aromatic N) is 2. The number of piperidine rings is 1. The van der Waals surface area contributed by atoms with Crippen molar-refractivity contribution in [1.82, 2.24) is 4.90 Å². The van der Waals surface area contributed by atoms with E-state index in [0.717, 1.165) is 38.8 Å². The molecule has 29 heavy (non-hydrogen) atoms. The van der Waals surface area contributed by atoms with E-state index in [-0.39, 0.29) is 6.10 Å². The van der Waals surface area contributed by atoms with Crippen LogP contribution in [0.15, 0.2) is 48.5 Å². The standard InChI is InChI=1S/C24H28N2O3/c1-25-22-12-4-2-8-19(22)16-18(21-11-3-5-13-23(21)25)9-6-14-26-15-7-10-20(17-26)29-24(27)28/h2-5,8,11-13,16,20H,6-7,9-10,14-15,17H2,1H3,(H,27,28)/t20-/m1/s1. The van der Waals surface area contributed by atoms with E-state index < -0.39 is 6.16 Å². The Morgan fingerprint density at radius 2 is 1.90 bits per heavy atom. The zero-order valence-corrected chi connectivity index (χ0v) is 16.9. The lowest BCUT2D eigenvalue weighted by atomic mass is 9.97. The SMILES string of the molecule is CN1c2ccccc2C=C(CCCN2CCC[C@@H](OC(=O)O)C2)c2ccccc21. The van der Waals surface area contributed by atoms with Gasteiger partial charge >= 0.3 is 6.16 Å². The minimum absolute atomic E-state index is 0.195. The molecule has 4 rings (SSSR count). The molecule has 1 atom stereocenters. The van der Waals surface area contributed by atoms with Gasteiger partial charge in [-0.2, -0.15) is 0 Å². The van der Waals surface area contributed by atoms with Gasteiger partial charge in [0.2, 0.25) is 0 Å². The van der Waals surface area contributed by atoms with Crippen LogP contribution < -0.4 is 4.90 Å². The van der Waals surface area contributed by atoms with Crippen LogP contribution in [0.3, 0.4) is 0 Å². The first-order chi connectivity index (χ1) is 14.1. The highest BCUT2D eigenvalue weighted by Crippen LogP contribution is 2.40. The number of anilines is 2. The maximum Gasteiger partial charge on any atom is 0.506 e. The molecule has 5 heteroatoms. The summed E-state index contributed by atoms with van der Waals surface area (Å²) in [5.74, 6) is 0. The third-order valence-electron chi connectivity index (χ3n) is 5.89. The third-order valence-corrected chi connectivity index (χ3v) is 5.89. The van der Waals surface area contributed by atoms with Gasteiger partial charge in [0.1, 0.15) is 6.10 Å². The monoisotopic (exact) mass is 392 g/mol. The summed E-state index contributed by atoms with van der Waals surface area (Å²) in [6.07, 6.45) is 4.79. The van der Waals surface area contributed by atoms with Crippen molar-refractivity contribution in [2.75, 3.05) is 31.6 Å². The minimum Gasteiger partial charge on any atom is -0.450 e. The maximum atomic E-state index is 10.8. The zero-order valence-electron chi connectivity index (χ0n) is 16.9. The summed E-state index contributed by atoms with van der Waals surface area (Å²) in [6, 6.07) is 17.1. The molecule has 0 unspecified atom stereocenters. The molecule has 2 aromatic carbocycles. The molecule has 2 aliphatic heterocycles. The fourth-order valence-corrected chi connectivity index (χ4v) is 4.50. The second-order valence-electron chi connectivity index (χ2n) is 7.86. The number of benzene rings is 2. The Labute approximate surface area is 172 Å². The largest absolute Gasteiger partial charge is 0.506 e. The Morgan fingerprint density at radius 1 is 1.14 bits per heavy atom. The van der Waals surface area contributed by atoms with E-state index in [1.165, 1.54) is 28.1 Å². The predicted molar refractivity (Wildman–Crippen MR) is 117 cm³/mol. The molecule has 0 spiro atoms. The number of hydrogen-bond acceptors (Lipinski definition) is 4. The lowest BCUT2D eigenvalue weighted by Crippen LogP contribution is -2.40. The Kier molecular flexibility index (Phi) is 5.86.